The fraction of sp³-hybridized carbons (Fsp3) is 0.0952. The lowest BCUT2D eigenvalue weighted by Gasteiger charge is -2.11. The maximum Gasteiger partial charge on any atom is 0.235 e. The van der Waals surface area contributed by atoms with Crippen LogP contribution >= 0.6 is 15.9 Å². The molecule has 0 amide bonds. The highest BCUT2D eigenvalue weighted by molar-refractivity contribution is 9.10. The van der Waals surface area contributed by atoms with Crippen molar-refractivity contribution in [3.05, 3.63) is 86.7 Å². The first-order chi connectivity index (χ1) is 12.6. The standard InChI is InChI=1S/C21H15BrO4/c1-13-4-9-16-18(11-13)26-20(17-3-2-10-24-17)21(19(16)23)25-12-14-5-7-15(22)8-6-14/h2-11H,12H2,1H3. The Balaban J connectivity index is 1.82. The fourth-order valence-electron chi connectivity index (χ4n) is 2.72. The molecule has 2 aromatic carbocycles. The topological polar surface area (TPSA) is 52.6 Å². The highest BCUT2D eigenvalue weighted by Gasteiger charge is 2.19. The maximum atomic E-state index is 13.0. The molecule has 4 aromatic rings. The molecule has 0 bridgehead atoms. The van der Waals surface area contributed by atoms with Crippen molar-refractivity contribution in [2.45, 2.75) is 13.5 Å². The molecule has 130 valence electrons. The summed E-state index contributed by atoms with van der Waals surface area (Å²) in [7, 11) is 0. The Bertz CT molecular complexity index is 1110. The minimum Gasteiger partial charge on any atom is -0.481 e. The molecule has 2 aromatic heterocycles. The van der Waals surface area contributed by atoms with Gasteiger partial charge in [-0.2, -0.15) is 0 Å². The van der Waals surface area contributed by atoms with Gasteiger partial charge in [-0.3, -0.25) is 4.79 Å². The van der Waals surface area contributed by atoms with E-state index in [0.717, 1.165) is 15.6 Å². The first-order valence-corrected chi connectivity index (χ1v) is 8.90. The number of benzene rings is 2. The molecule has 26 heavy (non-hydrogen) atoms. The maximum absolute atomic E-state index is 13.0. The summed E-state index contributed by atoms with van der Waals surface area (Å²) in [6.07, 6.45) is 1.54. The monoisotopic (exact) mass is 410 g/mol. The van der Waals surface area contributed by atoms with Gasteiger partial charge in [0, 0.05) is 4.47 Å². The molecule has 0 saturated carbocycles. The van der Waals surface area contributed by atoms with Gasteiger partial charge in [-0.1, -0.05) is 34.1 Å². The van der Waals surface area contributed by atoms with Crippen LogP contribution < -0.4 is 10.2 Å². The molecule has 5 heteroatoms. The van der Waals surface area contributed by atoms with Crippen LogP contribution in [-0.4, -0.2) is 0 Å². The second-order valence-corrected chi connectivity index (χ2v) is 6.90. The molecule has 0 radical (unpaired) electrons. The van der Waals surface area contributed by atoms with Crippen molar-refractivity contribution in [1.29, 1.82) is 0 Å². The Morgan fingerprint density at radius 2 is 1.88 bits per heavy atom. The molecule has 0 N–H and O–H groups in total. The predicted molar refractivity (Wildman–Crippen MR) is 103 cm³/mol. The van der Waals surface area contributed by atoms with E-state index in [2.05, 4.69) is 15.9 Å². The number of fused-ring (bicyclic) bond motifs is 1. The van der Waals surface area contributed by atoms with Crippen molar-refractivity contribution in [1.82, 2.24) is 0 Å². The van der Waals surface area contributed by atoms with Gasteiger partial charge in [0.1, 0.15) is 12.2 Å². The summed E-state index contributed by atoms with van der Waals surface area (Å²) in [5.41, 5.74) is 2.25. The highest BCUT2D eigenvalue weighted by atomic mass is 79.9. The van der Waals surface area contributed by atoms with Gasteiger partial charge in [0.2, 0.25) is 16.9 Å². The second-order valence-electron chi connectivity index (χ2n) is 5.98. The van der Waals surface area contributed by atoms with Crippen LogP contribution in [0.25, 0.3) is 22.5 Å². The van der Waals surface area contributed by atoms with Crippen LogP contribution in [0.1, 0.15) is 11.1 Å². The van der Waals surface area contributed by atoms with E-state index in [1.54, 1.807) is 18.2 Å². The van der Waals surface area contributed by atoms with Crippen LogP contribution in [-0.2, 0) is 6.61 Å². The van der Waals surface area contributed by atoms with Crippen LogP contribution in [0.3, 0.4) is 0 Å². The van der Waals surface area contributed by atoms with Gasteiger partial charge in [0.15, 0.2) is 5.76 Å². The molecule has 0 spiro atoms. The predicted octanol–water partition coefficient (Wildman–Crippen LogP) is 5.70. The Labute approximate surface area is 158 Å². The summed E-state index contributed by atoms with van der Waals surface area (Å²) in [6.45, 7) is 2.20. The number of rotatable bonds is 4. The van der Waals surface area contributed by atoms with E-state index in [9.17, 15) is 4.79 Å². The molecule has 0 aliphatic heterocycles. The zero-order valence-electron chi connectivity index (χ0n) is 14.0. The molecule has 2 heterocycles. The summed E-state index contributed by atoms with van der Waals surface area (Å²) in [5, 5.41) is 0.483. The third kappa shape index (κ3) is 3.18. The Kier molecular flexibility index (Phi) is 4.39. The molecule has 0 aliphatic carbocycles. The lowest BCUT2D eigenvalue weighted by Crippen LogP contribution is -2.10. The lowest BCUT2D eigenvalue weighted by atomic mass is 10.1. The van der Waals surface area contributed by atoms with Crippen molar-refractivity contribution in [3.63, 3.8) is 0 Å². The molecule has 0 atom stereocenters. The number of aryl methyl sites for hydroxylation is 1. The van der Waals surface area contributed by atoms with E-state index in [1.165, 1.54) is 6.26 Å². The van der Waals surface area contributed by atoms with Gasteiger partial charge in [0.05, 0.1) is 11.6 Å². The molecular weight excluding hydrogens is 396 g/mol. The van der Waals surface area contributed by atoms with Crippen LogP contribution in [0.4, 0.5) is 0 Å². The van der Waals surface area contributed by atoms with Crippen LogP contribution in [0.15, 0.2) is 79.0 Å². The van der Waals surface area contributed by atoms with E-state index in [4.69, 9.17) is 13.6 Å². The summed E-state index contributed by atoms with van der Waals surface area (Å²) < 4.78 is 18.3. The number of hydrogen-bond acceptors (Lipinski definition) is 4. The Morgan fingerprint density at radius 1 is 1.08 bits per heavy atom. The zero-order valence-corrected chi connectivity index (χ0v) is 15.6. The van der Waals surface area contributed by atoms with Crippen molar-refractivity contribution in [2.75, 3.05) is 0 Å². The SMILES string of the molecule is Cc1ccc2c(=O)c(OCc3ccc(Br)cc3)c(-c3ccco3)oc2c1. The summed E-state index contributed by atoms with van der Waals surface area (Å²) in [5.74, 6) is 0.908. The molecule has 4 rings (SSSR count). The smallest absolute Gasteiger partial charge is 0.235 e. The minimum atomic E-state index is -0.213. The third-order valence-corrected chi connectivity index (χ3v) is 4.58. The summed E-state index contributed by atoms with van der Waals surface area (Å²) in [4.78, 5) is 13.0. The minimum absolute atomic E-state index is 0.152. The van der Waals surface area contributed by atoms with Crippen LogP contribution in [0, 0.1) is 6.92 Å². The van der Waals surface area contributed by atoms with Crippen molar-refractivity contribution >= 4 is 26.9 Å². The average Bonchev–Trinajstić information content (AvgIpc) is 3.16. The van der Waals surface area contributed by atoms with Gasteiger partial charge in [-0.05, 0) is 54.4 Å². The normalized spacial score (nSPS) is 11.0. The van der Waals surface area contributed by atoms with Crippen molar-refractivity contribution in [3.8, 4) is 17.3 Å². The quantitative estimate of drug-likeness (QED) is 0.432. The molecule has 0 fully saturated rings. The van der Waals surface area contributed by atoms with Crippen molar-refractivity contribution < 1.29 is 13.6 Å². The van der Waals surface area contributed by atoms with E-state index in [0.29, 0.717) is 22.5 Å². The van der Waals surface area contributed by atoms with Gasteiger partial charge < -0.3 is 13.6 Å². The number of furan rings is 1. The van der Waals surface area contributed by atoms with Crippen molar-refractivity contribution in [2.24, 2.45) is 0 Å². The zero-order chi connectivity index (χ0) is 18.1. The second kappa shape index (κ2) is 6.84. The van der Waals surface area contributed by atoms with Crippen LogP contribution in [0.5, 0.6) is 5.75 Å². The molecule has 0 aliphatic rings. The van der Waals surface area contributed by atoms with E-state index >= 15 is 0 Å². The highest BCUT2D eigenvalue weighted by Crippen LogP contribution is 2.32. The van der Waals surface area contributed by atoms with Crippen LogP contribution in [0.2, 0.25) is 0 Å². The molecule has 0 unspecified atom stereocenters. The van der Waals surface area contributed by atoms with E-state index < -0.39 is 0 Å². The van der Waals surface area contributed by atoms with E-state index in [-0.39, 0.29) is 17.8 Å². The van der Waals surface area contributed by atoms with Gasteiger partial charge in [-0.25, -0.2) is 0 Å². The number of hydrogen-bond donors (Lipinski definition) is 0. The summed E-state index contributed by atoms with van der Waals surface area (Å²) in [6, 6.07) is 16.7. The first-order valence-electron chi connectivity index (χ1n) is 8.10. The Morgan fingerprint density at radius 3 is 2.62 bits per heavy atom. The molecule has 4 nitrogen and oxygen atoms in total. The lowest BCUT2D eigenvalue weighted by molar-refractivity contribution is 0.296. The number of ether oxygens (including phenoxy) is 1. The average molecular weight is 411 g/mol. The van der Waals surface area contributed by atoms with Gasteiger partial charge in [-0.15, -0.1) is 0 Å². The molecule has 0 saturated heterocycles. The van der Waals surface area contributed by atoms with Gasteiger partial charge >= 0.3 is 0 Å². The van der Waals surface area contributed by atoms with E-state index in [1.807, 2.05) is 43.3 Å². The molecular formula is C21H15BrO4. The largest absolute Gasteiger partial charge is 0.481 e. The summed E-state index contributed by atoms with van der Waals surface area (Å²) >= 11 is 3.41. The third-order valence-electron chi connectivity index (χ3n) is 4.05. The van der Waals surface area contributed by atoms with Gasteiger partial charge in [0.25, 0.3) is 0 Å². The number of halogens is 1. The fourth-order valence-corrected chi connectivity index (χ4v) is 2.98. The first kappa shape index (κ1) is 16.7. The Hall–Kier alpha value is -2.79.